The van der Waals surface area contributed by atoms with Gasteiger partial charge in [-0.1, -0.05) is 47.6 Å². The molecule has 3 aromatic rings. The van der Waals surface area contributed by atoms with Gasteiger partial charge in [0, 0.05) is 19.3 Å². The van der Waals surface area contributed by atoms with Crippen molar-refractivity contribution in [3.8, 4) is 0 Å². The quantitative estimate of drug-likeness (QED) is 0.510. The summed E-state index contributed by atoms with van der Waals surface area (Å²) < 4.78 is 1.87. The number of carbonyl (C=O) groups is 2. The van der Waals surface area contributed by atoms with E-state index in [1.165, 1.54) is 11.8 Å². The first-order valence-corrected chi connectivity index (χ1v) is 12.2. The average Bonchev–Trinajstić information content (AvgIpc) is 3.41. The van der Waals surface area contributed by atoms with Gasteiger partial charge in [0.1, 0.15) is 0 Å². The van der Waals surface area contributed by atoms with Crippen LogP contribution in [0.5, 0.6) is 0 Å². The Kier molecular flexibility index (Phi) is 7.05. The summed E-state index contributed by atoms with van der Waals surface area (Å²) in [6.45, 7) is 4.60. The van der Waals surface area contributed by atoms with Crippen LogP contribution in [0, 0.1) is 13.8 Å². The maximum Gasteiger partial charge on any atom is 0.255 e. The second-order valence-electron chi connectivity index (χ2n) is 8.19. The minimum absolute atomic E-state index is 0.102. The molecule has 7 nitrogen and oxygen atoms in total. The van der Waals surface area contributed by atoms with Crippen molar-refractivity contribution >= 4 is 40.9 Å². The third-order valence-corrected chi connectivity index (χ3v) is 7.13. The van der Waals surface area contributed by atoms with Gasteiger partial charge in [0.05, 0.1) is 22.4 Å². The number of nitrogens with one attached hydrogen (secondary N) is 1. The number of aryl methyl sites for hydroxylation is 2. The van der Waals surface area contributed by atoms with Crippen molar-refractivity contribution in [2.24, 2.45) is 7.05 Å². The third kappa shape index (κ3) is 5.07. The van der Waals surface area contributed by atoms with Gasteiger partial charge < -0.3 is 14.8 Å². The van der Waals surface area contributed by atoms with Gasteiger partial charge in [-0.25, -0.2) is 0 Å². The summed E-state index contributed by atoms with van der Waals surface area (Å²) in [7, 11) is 1.87. The molecule has 1 aliphatic rings. The topological polar surface area (TPSA) is 80.1 Å². The molecule has 1 fully saturated rings. The molecule has 1 aliphatic heterocycles. The molecule has 2 aromatic carbocycles. The summed E-state index contributed by atoms with van der Waals surface area (Å²) in [6.07, 6.45) is 1.69. The monoisotopic (exact) mass is 483 g/mol. The van der Waals surface area contributed by atoms with Crippen LogP contribution in [0.3, 0.4) is 0 Å². The highest BCUT2D eigenvalue weighted by atomic mass is 35.5. The highest BCUT2D eigenvalue weighted by molar-refractivity contribution is 7.99. The Balaban J connectivity index is 1.44. The minimum atomic E-state index is -0.176. The number of hydrogen-bond acceptors (Lipinski definition) is 5. The van der Waals surface area contributed by atoms with E-state index >= 15 is 0 Å². The minimum Gasteiger partial charge on any atom is -0.328 e. The van der Waals surface area contributed by atoms with Crippen LogP contribution in [0.1, 0.15) is 46.2 Å². The van der Waals surface area contributed by atoms with E-state index < -0.39 is 0 Å². The molecule has 9 heteroatoms. The Bertz CT molecular complexity index is 1200. The molecule has 1 aromatic heterocycles. The zero-order valence-corrected chi connectivity index (χ0v) is 20.4. The Morgan fingerprint density at radius 1 is 1.18 bits per heavy atom. The lowest BCUT2D eigenvalue weighted by molar-refractivity contribution is -0.113. The summed E-state index contributed by atoms with van der Waals surface area (Å²) in [6, 6.07) is 12.9. The lowest BCUT2D eigenvalue weighted by Gasteiger charge is -2.24. The molecule has 0 saturated carbocycles. The molecule has 0 radical (unpaired) electrons. The van der Waals surface area contributed by atoms with Gasteiger partial charge in [-0.2, -0.15) is 0 Å². The smallest absolute Gasteiger partial charge is 0.255 e. The number of nitrogens with zero attached hydrogens (tertiary/aromatic N) is 4. The number of halogens is 1. The SMILES string of the molecule is Cc1ccc(C)c(NC(=O)CSc2nnc(C3CCCN3C(=O)c3ccccc3Cl)n2C)c1. The molecule has 1 N–H and O–H groups in total. The molecule has 0 aliphatic carbocycles. The maximum absolute atomic E-state index is 13.1. The molecule has 1 unspecified atom stereocenters. The van der Waals surface area contributed by atoms with Crippen LogP contribution >= 0.6 is 23.4 Å². The first kappa shape index (κ1) is 23.3. The van der Waals surface area contributed by atoms with Gasteiger partial charge in [-0.15, -0.1) is 10.2 Å². The fourth-order valence-electron chi connectivity index (χ4n) is 4.00. The predicted molar refractivity (Wildman–Crippen MR) is 131 cm³/mol. The second kappa shape index (κ2) is 9.97. The summed E-state index contributed by atoms with van der Waals surface area (Å²) >= 11 is 7.58. The first-order valence-electron chi connectivity index (χ1n) is 10.8. The number of thioether (sulfide) groups is 1. The molecule has 1 saturated heterocycles. The Morgan fingerprint density at radius 2 is 1.97 bits per heavy atom. The Labute approximate surface area is 202 Å². The van der Waals surface area contributed by atoms with E-state index in [4.69, 9.17) is 11.6 Å². The summed E-state index contributed by atoms with van der Waals surface area (Å²) in [5.74, 6) is 0.722. The summed E-state index contributed by atoms with van der Waals surface area (Å²) in [4.78, 5) is 27.4. The average molecular weight is 484 g/mol. The lowest BCUT2D eigenvalue weighted by atomic mass is 10.1. The molecular weight excluding hydrogens is 458 g/mol. The van der Waals surface area contributed by atoms with E-state index in [1.54, 1.807) is 12.1 Å². The zero-order chi connectivity index (χ0) is 23.5. The van der Waals surface area contributed by atoms with Crippen molar-refractivity contribution in [1.82, 2.24) is 19.7 Å². The molecule has 2 amide bonds. The second-order valence-corrected chi connectivity index (χ2v) is 9.54. The molecule has 2 heterocycles. The summed E-state index contributed by atoms with van der Waals surface area (Å²) in [5.41, 5.74) is 3.42. The van der Waals surface area contributed by atoms with E-state index in [-0.39, 0.29) is 23.6 Å². The zero-order valence-electron chi connectivity index (χ0n) is 18.8. The van der Waals surface area contributed by atoms with Gasteiger partial charge in [0.25, 0.3) is 5.91 Å². The highest BCUT2D eigenvalue weighted by Gasteiger charge is 2.34. The number of likely N-dealkylation sites (tertiary alicyclic amines) is 1. The number of benzene rings is 2. The Hall–Kier alpha value is -2.84. The number of carbonyl (C=O) groups excluding carboxylic acids is 2. The van der Waals surface area contributed by atoms with Crippen LogP contribution in [0.2, 0.25) is 5.02 Å². The van der Waals surface area contributed by atoms with Gasteiger partial charge in [0.15, 0.2) is 11.0 Å². The molecule has 172 valence electrons. The first-order chi connectivity index (χ1) is 15.8. The fraction of sp³-hybridized carbons (Fsp3) is 0.333. The third-order valence-electron chi connectivity index (χ3n) is 5.78. The van der Waals surface area contributed by atoms with Crippen molar-refractivity contribution in [2.75, 3.05) is 17.6 Å². The molecule has 0 spiro atoms. The van der Waals surface area contributed by atoms with Crippen molar-refractivity contribution < 1.29 is 9.59 Å². The summed E-state index contributed by atoms with van der Waals surface area (Å²) in [5, 5.41) is 12.7. The van der Waals surface area contributed by atoms with E-state index in [1.807, 2.05) is 60.7 Å². The molecule has 0 bridgehead atoms. The number of rotatable bonds is 6. The van der Waals surface area contributed by atoms with E-state index in [9.17, 15) is 9.59 Å². The number of amides is 2. The maximum atomic E-state index is 13.1. The van der Waals surface area contributed by atoms with Crippen molar-refractivity contribution in [2.45, 2.75) is 37.9 Å². The van der Waals surface area contributed by atoms with Crippen LogP contribution in [-0.2, 0) is 11.8 Å². The van der Waals surface area contributed by atoms with Crippen molar-refractivity contribution in [1.29, 1.82) is 0 Å². The fourth-order valence-corrected chi connectivity index (χ4v) is 4.93. The molecular formula is C24H26ClN5O2S. The lowest BCUT2D eigenvalue weighted by Crippen LogP contribution is -2.32. The van der Waals surface area contributed by atoms with Crippen molar-refractivity contribution in [3.63, 3.8) is 0 Å². The van der Waals surface area contributed by atoms with Crippen LogP contribution in [-0.4, -0.2) is 43.8 Å². The van der Waals surface area contributed by atoms with Crippen molar-refractivity contribution in [3.05, 3.63) is 70.0 Å². The van der Waals surface area contributed by atoms with Gasteiger partial charge in [0.2, 0.25) is 5.91 Å². The Morgan fingerprint density at radius 3 is 2.76 bits per heavy atom. The van der Waals surface area contributed by atoms with Crippen LogP contribution in [0.4, 0.5) is 5.69 Å². The normalized spacial score (nSPS) is 15.6. The standard InChI is InChI=1S/C24H26ClN5O2S/c1-15-10-11-16(2)19(13-15)26-21(31)14-33-24-28-27-22(29(24)3)20-9-6-12-30(20)23(32)17-7-4-5-8-18(17)25/h4-5,7-8,10-11,13,20H,6,9,12,14H2,1-3H3,(H,26,31). The molecule has 33 heavy (non-hydrogen) atoms. The van der Waals surface area contributed by atoms with E-state index in [2.05, 4.69) is 15.5 Å². The predicted octanol–water partition coefficient (Wildman–Crippen LogP) is 4.79. The van der Waals surface area contributed by atoms with Gasteiger partial charge in [-0.05, 0) is 56.0 Å². The molecule has 1 atom stereocenters. The number of aromatic nitrogens is 3. The molecule has 4 rings (SSSR count). The number of hydrogen-bond donors (Lipinski definition) is 1. The van der Waals surface area contributed by atoms with E-state index in [0.717, 1.165) is 29.7 Å². The van der Waals surface area contributed by atoms with Crippen LogP contribution in [0.15, 0.2) is 47.6 Å². The van der Waals surface area contributed by atoms with Crippen LogP contribution < -0.4 is 5.32 Å². The van der Waals surface area contributed by atoms with Gasteiger partial charge in [-0.3, -0.25) is 9.59 Å². The van der Waals surface area contributed by atoms with Crippen LogP contribution in [0.25, 0.3) is 0 Å². The largest absolute Gasteiger partial charge is 0.328 e. The van der Waals surface area contributed by atoms with E-state index in [0.29, 0.717) is 28.1 Å². The van der Waals surface area contributed by atoms with Gasteiger partial charge >= 0.3 is 0 Å². The highest BCUT2D eigenvalue weighted by Crippen LogP contribution is 2.34. The number of anilines is 1.